The topological polar surface area (TPSA) is 99.1 Å². The minimum Gasteiger partial charge on any atom is -0.431 e. The predicted octanol–water partition coefficient (Wildman–Crippen LogP) is 3.86. The number of carbonyl (C=O) groups excluding carboxylic acids is 3. The van der Waals surface area contributed by atoms with Gasteiger partial charge < -0.3 is 9.47 Å². The Morgan fingerprint density at radius 1 is 0.962 bits per heavy atom. The summed E-state index contributed by atoms with van der Waals surface area (Å²) in [6.45, 7) is 3.57. The SMILES string of the molecule is CCC(C)OC(=O)Oc1ccccc1C(=O)c1ccccc1C(=O)OO. The Morgan fingerprint density at radius 3 is 2.15 bits per heavy atom. The highest BCUT2D eigenvalue weighted by molar-refractivity contribution is 6.15. The highest BCUT2D eigenvalue weighted by atomic mass is 17.1. The lowest BCUT2D eigenvalue weighted by molar-refractivity contribution is -0.182. The number of para-hydroxylation sites is 1. The van der Waals surface area contributed by atoms with Crippen LogP contribution in [0.4, 0.5) is 4.79 Å². The number of hydrogen-bond donors (Lipinski definition) is 1. The van der Waals surface area contributed by atoms with Crippen molar-refractivity contribution in [1.29, 1.82) is 0 Å². The highest BCUT2D eigenvalue weighted by Gasteiger charge is 2.23. The minimum absolute atomic E-state index is 0.00188. The molecule has 2 aromatic carbocycles. The zero-order valence-corrected chi connectivity index (χ0v) is 14.3. The summed E-state index contributed by atoms with van der Waals surface area (Å²) in [5, 5.41) is 8.60. The van der Waals surface area contributed by atoms with Crippen LogP contribution < -0.4 is 4.74 Å². The van der Waals surface area contributed by atoms with E-state index >= 15 is 0 Å². The van der Waals surface area contributed by atoms with Crippen LogP contribution in [0.25, 0.3) is 0 Å². The van der Waals surface area contributed by atoms with Gasteiger partial charge in [0.25, 0.3) is 0 Å². The fraction of sp³-hybridized carbons (Fsp3) is 0.211. The summed E-state index contributed by atoms with van der Waals surface area (Å²) in [6.07, 6.45) is -0.639. The first-order chi connectivity index (χ1) is 12.5. The van der Waals surface area contributed by atoms with Crippen LogP contribution in [0.1, 0.15) is 46.5 Å². The first-order valence-electron chi connectivity index (χ1n) is 7.94. The molecule has 7 heteroatoms. The molecule has 0 spiro atoms. The Hall–Kier alpha value is -3.19. The van der Waals surface area contributed by atoms with E-state index in [9.17, 15) is 14.4 Å². The molecule has 0 aliphatic rings. The zero-order chi connectivity index (χ0) is 19.1. The molecule has 1 N–H and O–H groups in total. The molecule has 0 aliphatic heterocycles. The van der Waals surface area contributed by atoms with Crippen molar-refractivity contribution in [2.45, 2.75) is 26.4 Å². The molecule has 2 rings (SSSR count). The fourth-order valence-electron chi connectivity index (χ4n) is 2.16. The van der Waals surface area contributed by atoms with Crippen LogP contribution >= 0.6 is 0 Å². The molecule has 0 fully saturated rings. The number of rotatable bonds is 6. The minimum atomic E-state index is -1.07. The third-order valence-corrected chi connectivity index (χ3v) is 3.67. The molecule has 26 heavy (non-hydrogen) atoms. The molecule has 0 radical (unpaired) electrons. The van der Waals surface area contributed by atoms with Gasteiger partial charge >= 0.3 is 12.1 Å². The summed E-state index contributed by atoms with van der Waals surface area (Å²) in [4.78, 5) is 40.1. The number of benzene rings is 2. The lowest BCUT2D eigenvalue weighted by Crippen LogP contribution is -2.19. The molecular formula is C19H18O7. The van der Waals surface area contributed by atoms with Gasteiger partial charge in [0.1, 0.15) is 11.9 Å². The maximum absolute atomic E-state index is 12.8. The van der Waals surface area contributed by atoms with Gasteiger partial charge in [0.05, 0.1) is 11.1 Å². The van der Waals surface area contributed by atoms with E-state index < -0.39 is 17.9 Å². The lowest BCUT2D eigenvalue weighted by atomic mass is 9.98. The largest absolute Gasteiger partial charge is 0.514 e. The van der Waals surface area contributed by atoms with E-state index in [0.29, 0.717) is 6.42 Å². The first kappa shape index (κ1) is 19.1. The van der Waals surface area contributed by atoms with Crippen LogP contribution in [0, 0.1) is 0 Å². The van der Waals surface area contributed by atoms with Crippen molar-refractivity contribution < 1.29 is 34.0 Å². The van der Waals surface area contributed by atoms with Gasteiger partial charge in [-0.25, -0.2) is 9.59 Å². The average molecular weight is 358 g/mol. The van der Waals surface area contributed by atoms with Gasteiger partial charge in [-0.3, -0.25) is 9.68 Å². The second-order valence-electron chi connectivity index (χ2n) is 5.44. The summed E-state index contributed by atoms with van der Waals surface area (Å²) in [7, 11) is 0. The van der Waals surface area contributed by atoms with Crippen molar-refractivity contribution in [2.24, 2.45) is 0 Å². The monoisotopic (exact) mass is 358 g/mol. The molecule has 0 saturated carbocycles. The summed E-state index contributed by atoms with van der Waals surface area (Å²) in [6, 6.07) is 11.9. The van der Waals surface area contributed by atoms with Gasteiger partial charge in [-0.2, -0.15) is 5.26 Å². The molecule has 2 aromatic rings. The molecule has 0 bridgehead atoms. The van der Waals surface area contributed by atoms with E-state index in [0.717, 1.165) is 0 Å². The molecule has 1 atom stereocenters. The van der Waals surface area contributed by atoms with E-state index in [-0.39, 0.29) is 28.5 Å². The molecule has 0 aromatic heterocycles. The summed E-state index contributed by atoms with van der Waals surface area (Å²) in [5.41, 5.74) is -0.0540. The zero-order valence-electron chi connectivity index (χ0n) is 14.3. The van der Waals surface area contributed by atoms with Crippen LogP contribution in [-0.2, 0) is 9.62 Å². The van der Waals surface area contributed by atoms with Crippen LogP contribution in [-0.4, -0.2) is 29.3 Å². The fourth-order valence-corrected chi connectivity index (χ4v) is 2.16. The third-order valence-electron chi connectivity index (χ3n) is 3.67. The maximum Gasteiger partial charge on any atom is 0.514 e. The van der Waals surface area contributed by atoms with Crippen molar-refractivity contribution in [3.05, 3.63) is 65.2 Å². The van der Waals surface area contributed by atoms with Gasteiger partial charge in [-0.05, 0) is 31.5 Å². The highest BCUT2D eigenvalue weighted by Crippen LogP contribution is 2.24. The summed E-state index contributed by atoms with van der Waals surface area (Å²) in [5.74, 6) is -1.64. The number of carbonyl (C=O) groups is 3. The van der Waals surface area contributed by atoms with Crippen molar-refractivity contribution >= 4 is 17.9 Å². The normalized spacial score (nSPS) is 11.3. The second-order valence-corrected chi connectivity index (χ2v) is 5.44. The van der Waals surface area contributed by atoms with Crippen LogP contribution in [0.15, 0.2) is 48.5 Å². The second kappa shape index (κ2) is 8.77. The summed E-state index contributed by atoms with van der Waals surface area (Å²) >= 11 is 0. The van der Waals surface area contributed by atoms with Crippen LogP contribution in [0.3, 0.4) is 0 Å². The first-order valence-corrected chi connectivity index (χ1v) is 7.94. The molecule has 136 valence electrons. The van der Waals surface area contributed by atoms with Crippen LogP contribution in [0.2, 0.25) is 0 Å². The molecule has 0 amide bonds. The van der Waals surface area contributed by atoms with Crippen molar-refractivity contribution in [3.8, 4) is 5.75 Å². The smallest absolute Gasteiger partial charge is 0.431 e. The predicted molar refractivity (Wildman–Crippen MR) is 91.2 cm³/mol. The Bertz CT molecular complexity index is 813. The van der Waals surface area contributed by atoms with Crippen molar-refractivity contribution in [1.82, 2.24) is 0 Å². The Morgan fingerprint density at radius 2 is 1.54 bits per heavy atom. The number of hydrogen-bond acceptors (Lipinski definition) is 7. The summed E-state index contributed by atoms with van der Waals surface area (Å²) < 4.78 is 10.2. The molecule has 0 aliphatic carbocycles. The van der Waals surface area contributed by atoms with Crippen molar-refractivity contribution in [2.75, 3.05) is 0 Å². The third kappa shape index (κ3) is 4.46. The van der Waals surface area contributed by atoms with Crippen LogP contribution in [0.5, 0.6) is 5.75 Å². The molecular weight excluding hydrogens is 340 g/mol. The Balaban J connectivity index is 2.34. The Kier molecular flexibility index (Phi) is 6.46. The quantitative estimate of drug-likeness (QED) is 0.275. The van der Waals surface area contributed by atoms with Gasteiger partial charge in [0.15, 0.2) is 5.78 Å². The van der Waals surface area contributed by atoms with Gasteiger partial charge in [-0.15, -0.1) is 0 Å². The lowest BCUT2D eigenvalue weighted by Gasteiger charge is -2.13. The van der Waals surface area contributed by atoms with E-state index in [2.05, 4.69) is 4.89 Å². The van der Waals surface area contributed by atoms with Gasteiger partial charge in [-0.1, -0.05) is 37.3 Å². The molecule has 7 nitrogen and oxygen atoms in total. The molecule has 0 heterocycles. The van der Waals surface area contributed by atoms with E-state index in [1.165, 1.54) is 30.3 Å². The van der Waals surface area contributed by atoms with E-state index in [1.54, 1.807) is 25.1 Å². The Labute approximate surface area is 150 Å². The maximum atomic E-state index is 12.8. The van der Waals surface area contributed by atoms with Crippen molar-refractivity contribution in [3.63, 3.8) is 0 Å². The number of ether oxygens (including phenoxy) is 2. The van der Waals surface area contributed by atoms with Gasteiger partial charge in [0, 0.05) is 5.56 Å². The van der Waals surface area contributed by atoms with Gasteiger partial charge in [0.2, 0.25) is 0 Å². The molecule has 1 unspecified atom stereocenters. The number of ketones is 1. The molecule has 0 saturated heterocycles. The standard InChI is InChI=1S/C19H18O7/c1-3-12(2)24-19(22)25-16-11-7-6-10-15(16)17(20)13-8-4-5-9-14(13)18(21)26-23/h4-12,23H,3H2,1-2H3. The average Bonchev–Trinajstić information content (AvgIpc) is 2.67. The van der Waals surface area contributed by atoms with E-state index in [1.807, 2.05) is 6.92 Å². The van der Waals surface area contributed by atoms with E-state index in [4.69, 9.17) is 14.7 Å².